The van der Waals surface area contributed by atoms with Gasteiger partial charge in [-0.3, -0.25) is 19.7 Å². The summed E-state index contributed by atoms with van der Waals surface area (Å²) in [6.45, 7) is 0. The molecule has 27 heavy (non-hydrogen) atoms. The number of halogens is 1. The SMILES string of the molecule is NC(=O)c1ccccc1.O=C(O)c1cc(NC(=O)c2cc(Cl)ccn2)[nH]n1. The molecule has 0 unspecified atom stereocenters. The first-order chi connectivity index (χ1) is 12.9. The van der Waals surface area contributed by atoms with Crippen molar-refractivity contribution in [1.29, 1.82) is 0 Å². The molecule has 0 fully saturated rings. The number of hydrogen-bond acceptors (Lipinski definition) is 5. The van der Waals surface area contributed by atoms with E-state index in [1.807, 2.05) is 6.07 Å². The molecule has 0 spiro atoms. The maximum absolute atomic E-state index is 11.7. The van der Waals surface area contributed by atoms with Gasteiger partial charge in [0.1, 0.15) is 11.5 Å². The van der Waals surface area contributed by atoms with Crippen LogP contribution in [0.25, 0.3) is 0 Å². The predicted molar refractivity (Wildman–Crippen MR) is 97.7 cm³/mol. The molecular formula is C17H14ClN5O4. The number of rotatable bonds is 4. The van der Waals surface area contributed by atoms with Gasteiger partial charge in [0.05, 0.1) is 0 Å². The summed E-state index contributed by atoms with van der Waals surface area (Å²) in [6, 6.07) is 12.9. The quantitative estimate of drug-likeness (QED) is 0.538. The highest BCUT2D eigenvalue weighted by molar-refractivity contribution is 6.30. The van der Waals surface area contributed by atoms with E-state index in [9.17, 15) is 14.4 Å². The Balaban J connectivity index is 0.000000244. The Morgan fingerprint density at radius 2 is 1.78 bits per heavy atom. The molecule has 0 radical (unpaired) electrons. The number of amides is 2. The number of nitrogens with zero attached hydrogens (tertiary/aromatic N) is 2. The summed E-state index contributed by atoms with van der Waals surface area (Å²) in [5.74, 6) is -1.92. The van der Waals surface area contributed by atoms with Crippen LogP contribution in [0.4, 0.5) is 5.82 Å². The van der Waals surface area contributed by atoms with Crippen LogP contribution in [-0.2, 0) is 0 Å². The molecule has 2 aromatic heterocycles. The second kappa shape index (κ2) is 9.11. The number of carbonyl (C=O) groups excluding carboxylic acids is 2. The van der Waals surface area contributed by atoms with E-state index >= 15 is 0 Å². The minimum absolute atomic E-state index is 0.119. The van der Waals surface area contributed by atoms with Crippen molar-refractivity contribution in [1.82, 2.24) is 15.2 Å². The van der Waals surface area contributed by atoms with Crippen LogP contribution in [0.2, 0.25) is 5.02 Å². The number of aromatic amines is 1. The van der Waals surface area contributed by atoms with Crippen molar-refractivity contribution < 1.29 is 19.5 Å². The number of carboxylic acids is 1. The lowest BCUT2D eigenvalue weighted by Gasteiger charge is -2.01. The summed E-state index contributed by atoms with van der Waals surface area (Å²) in [5, 5.41) is 17.3. The molecule has 1 aromatic carbocycles. The first kappa shape index (κ1) is 19.6. The lowest BCUT2D eigenvalue weighted by molar-refractivity contribution is 0.0690. The van der Waals surface area contributed by atoms with Crippen molar-refractivity contribution in [2.45, 2.75) is 0 Å². The highest BCUT2D eigenvalue weighted by Crippen LogP contribution is 2.11. The summed E-state index contributed by atoms with van der Waals surface area (Å²) in [4.78, 5) is 36.6. The van der Waals surface area contributed by atoms with Gasteiger partial charge in [0, 0.05) is 22.8 Å². The molecule has 2 amide bonds. The van der Waals surface area contributed by atoms with Crippen LogP contribution < -0.4 is 11.1 Å². The molecular weight excluding hydrogens is 374 g/mol. The van der Waals surface area contributed by atoms with Gasteiger partial charge in [0.2, 0.25) is 5.91 Å². The topological polar surface area (TPSA) is 151 Å². The number of nitrogens with two attached hydrogens (primary N) is 1. The van der Waals surface area contributed by atoms with Crippen molar-refractivity contribution in [3.05, 3.63) is 76.7 Å². The number of carbonyl (C=O) groups is 3. The molecule has 0 saturated heterocycles. The average Bonchev–Trinajstić information content (AvgIpc) is 3.12. The average molecular weight is 388 g/mol. The fraction of sp³-hybridized carbons (Fsp3) is 0. The van der Waals surface area contributed by atoms with Crippen molar-refractivity contribution in [2.75, 3.05) is 5.32 Å². The fourth-order valence-corrected chi connectivity index (χ4v) is 1.97. The number of pyridine rings is 1. The zero-order valence-electron chi connectivity index (χ0n) is 13.7. The summed E-state index contributed by atoms with van der Waals surface area (Å²) in [7, 11) is 0. The van der Waals surface area contributed by atoms with Gasteiger partial charge in [-0.2, -0.15) is 5.10 Å². The largest absolute Gasteiger partial charge is 0.476 e. The number of H-pyrrole nitrogens is 1. The maximum Gasteiger partial charge on any atom is 0.356 e. The Kier molecular flexibility index (Phi) is 6.61. The third-order valence-electron chi connectivity index (χ3n) is 3.06. The molecule has 0 saturated carbocycles. The van der Waals surface area contributed by atoms with Gasteiger partial charge in [-0.25, -0.2) is 4.79 Å². The molecule has 0 aliphatic heterocycles. The Bertz CT molecular complexity index is 959. The molecule has 0 aliphatic carbocycles. The number of nitrogens with one attached hydrogen (secondary N) is 2. The van der Waals surface area contributed by atoms with Crippen LogP contribution in [0.15, 0.2) is 54.7 Å². The number of carboxylic acid groups (broad SMARTS) is 1. The Labute approximate surface area is 158 Å². The third kappa shape index (κ3) is 5.94. The highest BCUT2D eigenvalue weighted by atomic mass is 35.5. The number of aromatic carboxylic acids is 1. The van der Waals surface area contributed by atoms with Crippen LogP contribution in [0, 0.1) is 0 Å². The van der Waals surface area contributed by atoms with E-state index in [0.29, 0.717) is 10.6 Å². The Morgan fingerprint density at radius 1 is 1.07 bits per heavy atom. The van der Waals surface area contributed by atoms with Crippen molar-refractivity contribution in [3.8, 4) is 0 Å². The Morgan fingerprint density at radius 3 is 2.30 bits per heavy atom. The zero-order chi connectivity index (χ0) is 19.8. The molecule has 0 bridgehead atoms. The zero-order valence-corrected chi connectivity index (χ0v) is 14.5. The van der Waals surface area contributed by atoms with E-state index in [1.54, 1.807) is 24.3 Å². The molecule has 0 aliphatic rings. The summed E-state index contributed by atoms with van der Waals surface area (Å²) < 4.78 is 0. The van der Waals surface area contributed by atoms with E-state index in [4.69, 9.17) is 22.4 Å². The predicted octanol–water partition coefficient (Wildman–Crippen LogP) is 2.19. The number of aromatic nitrogens is 3. The van der Waals surface area contributed by atoms with Gasteiger partial charge >= 0.3 is 5.97 Å². The summed E-state index contributed by atoms with van der Waals surface area (Å²) >= 11 is 5.72. The Hall–Kier alpha value is -3.72. The number of primary amides is 1. The number of benzene rings is 1. The van der Waals surface area contributed by atoms with Gasteiger partial charge < -0.3 is 16.2 Å². The molecule has 3 aromatic rings. The molecule has 9 nitrogen and oxygen atoms in total. The third-order valence-corrected chi connectivity index (χ3v) is 3.29. The van der Waals surface area contributed by atoms with E-state index in [0.717, 1.165) is 0 Å². The minimum atomic E-state index is -1.19. The van der Waals surface area contributed by atoms with Crippen LogP contribution in [0.5, 0.6) is 0 Å². The number of hydrogen-bond donors (Lipinski definition) is 4. The lowest BCUT2D eigenvalue weighted by Crippen LogP contribution is -2.13. The van der Waals surface area contributed by atoms with E-state index in [1.165, 1.54) is 24.4 Å². The summed E-state index contributed by atoms with van der Waals surface area (Å²) in [6.07, 6.45) is 1.40. The standard InChI is InChI=1S/C10H7ClN4O3.C7H7NO/c11-5-1-2-12-6(3-5)9(16)13-8-4-7(10(17)18)14-15-8;8-7(9)6-4-2-1-3-5-6/h1-4H,(H,17,18)(H2,13,14,15,16);1-5H,(H2,8,9). The smallest absolute Gasteiger partial charge is 0.356 e. The second-order valence-electron chi connectivity index (χ2n) is 5.02. The molecule has 2 heterocycles. The van der Waals surface area contributed by atoms with Gasteiger partial charge in [-0.05, 0) is 24.3 Å². The second-order valence-corrected chi connectivity index (χ2v) is 5.45. The number of anilines is 1. The minimum Gasteiger partial charge on any atom is -0.476 e. The fourth-order valence-electron chi connectivity index (χ4n) is 1.81. The van der Waals surface area contributed by atoms with E-state index in [2.05, 4.69) is 20.5 Å². The first-order valence-corrected chi connectivity index (χ1v) is 7.81. The van der Waals surface area contributed by atoms with Gasteiger partial charge in [-0.15, -0.1) is 0 Å². The van der Waals surface area contributed by atoms with Crippen molar-refractivity contribution in [2.24, 2.45) is 5.73 Å². The van der Waals surface area contributed by atoms with Crippen LogP contribution in [0.3, 0.4) is 0 Å². The van der Waals surface area contributed by atoms with Gasteiger partial charge in [0.15, 0.2) is 5.69 Å². The van der Waals surface area contributed by atoms with E-state index in [-0.39, 0.29) is 23.1 Å². The van der Waals surface area contributed by atoms with Crippen molar-refractivity contribution >= 4 is 35.2 Å². The van der Waals surface area contributed by atoms with E-state index < -0.39 is 11.9 Å². The molecule has 3 rings (SSSR count). The lowest BCUT2D eigenvalue weighted by atomic mass is 10.2. The monoisotopic (exact) mass is 387 g/mol. The van der Waals surface area contributed by atoms with Gasteiger partial charge in [-0.1, -0.05) is 29.8 Å². The molecule has 10 heteroatoms. The first-order valence-electron chi connectivity index (χ1n) is 7.43. The highest BCUT2D eigenvalue weighted by Gasteiger charge is 2.12. The van der Waals surface area contributed by atoms with Gasteiger partial charge in [0.25, 0.3) is 5.91 Å². The summed E-state index contributed by atoms with van der Waals surface area (Å²) in [5.41, 5.74) is 5.46. The van der Waals surface area contributed by atoms with Crippen molar-refractivity contribution in [3.63, 3.8) is 0 Å². The molecule has 0 atom stereocenters. The van der Waals surface area contributed by atoms with Crippen LogP contribution >= 0.6 is 11.6 Å². The molecule has 5 N–H and O–H groups in total. The van der Waals surface area contributed by atoms with Crippen LogP contribution in [-0.4, -0.2) is 38.1 Å². The molecule has 138 valence electrons. The maximum atomic E-state index is 11.7. The van der Waals surface area contributed by atoms with Crippen LogP contribution in [0.1, 0.15) is 31.3 Å². The normalized spacial score (nSPS) is 9.67.